The first-order valence-corrected chi connectivity index (χ1v) is 9.31. The molecule has 0 aliphatic carbocycles. The average molecular weight is 397 g/mol. The molecule has 3 rings (SSSR count). The Kier molecular flexibility index (Phi) is 5.58. The molecule has 0 radical (unpaired) electrons. The van der Waals surface area contributed by atoms with Crippen molar-refractivity contribution in [2.45, 2.75) is 6.04 Å². The van der Waals surface area contributed by atoms with Gasteiger partial charge in [-0.05, 0) is 29.1 Å². The van der Waals surface area contributed by atoms with Gasteiger partial charge in [-0.3, -0.25) is 4.90 Å². The van der Waals surface area contributed by atoms with Crippen LogP contribution in [0.5, 0.6) is 11.5 Å². The summed E-state index contributed by atoms with van der Waals surface area (Å²) in [7, 11) is 3.34. The van der Waals surface area contributed by atoms with Gasteiger partial charge >= 0.3 is 0 Å². The Morgan fingerprint density at radius 1 is 1.17 bits per heavy atom. The van der Waals surface area contributed by atoms with E-state index < -0.39 is 0 Å². The lowest BCUT2D eigenvalue weighted by Gasteiger charge is -2.35. The number of nitrogens with one attached hydrogen (secondary N) is 1. The number of benzene rings is 1. The van der Waals surface area contributed by atoms with Gasteiger partial charge in [-0.25, -0.2) is 0 Å². The van der Waals surface area contributed by atoms with Gasteiger partial charge < -0.3 is 14.8 Å². The molecule has 0 bridgehead atoms. The van der Waals surface area contributed by atoms with E-state index in [4.69, 9.17) is 9.47 Å². The Hall–Kier alpha value is -1.08. The lowest BCUT2D eigenvalue weighted by molar-refractivity contribution is 0.200. The largest absolute Gasteiger partial charge is 0.493 e. The molecule has 124 valence electrons. The number of hydrogen-bond acceptors (Lipinski definition) is 5. The highest BCUT2D eigenvalue weighted by Gasteiger charge is 2.27. The van der Waals surface area contributed by atoms with E-state index in [-0.39, 0.29) is 6.04 Å². The zero-order valence-corrected chi connectivity index (χ0v) is 15.7. The van der Waals surface area contributed by atoms with Crippen LogP contribution < -0.4 is 14.8 Å². The predicted octanol–water partition coefficient (Wildman–Crippen LogP) is 3.52. The second-order valence-electron chi connectivity index (χ2n) is 5.43. The van der Waals surface area contributed by atoms with Crippen molar-refractivity contribution in [3.05, 3.63) is 44.6 Å². The molecule has 1 N–H and O–H groups in total. The monoisotopic (exact) mass is 396 g/mol. The van der Waals surface area contributed by atoms with Crippen LogP contribution in [0.25, 0.3) is 0 Å². The minimum absolute atomic E-state index is 0.228. The van der Waals surface area contributed by atoms with Gasteiger partial charge in [-0.1, -0.05) is 22.0 Å². The summed E-state index contributed by atoms with van der Waals surface area (Å²) in [5.41, 5.74) is 1.21. The molecular weight excluding hydrogens is 376 g/mol. The minimum Gasteiger partial charge on any atom is -0.493 e. The van der Waals surface area contributed by atoms with E-state index in [2.05, 4.69) is 49.7 Å². The molecule has 1 fully saturated rings. The number of thiophene rings is 1. The molecule has 1 aliphatic heterocycles. The first-order chi connectivity index (χ1) is 11.2. The Balaban J connectivity index is 2.05. The summed E-state index contributed by atoms with van der Waals surface area (Å²) in [4.78, 5) is 3.87. The highest BCUT2D eigenvalue weighted by Crippen LogP contribution is 2.41. The molecule has 2 aromatic rings. The molecule has 0 unspecified atom stereocenters. The first-order valence-electron chi connectivity index (χ1n) is 7.64. The summed E-state index contributed by atoms with van der Waals surface area (Å²) >= 11 is 5.53. The van der Waals surface area contributed by atoms with Gasteiger partial charge in [-0.2, -0.15) is 0 Å². The number of nitrogens with zero attached hydrogens (tertiary/aromatic N) is 1. The summed E-state index contributed by atoms with van der Waals surface area (Å²) in [5.74, 6) is 1.51. The van der Waals surface area contributed by atoms with Gasteiger partial charge in [0.05, 0.1) is 20.3 Å². The number of hydrogen-bond donors (Lipinski definition) is 1. The smallest absolute Gasteiger partial charge is 0.161 e. The molecule has 0 saturated carbocycles. The summed E-state index contributed by atoms with van der Waals surface area (Å²) in [6.07, 6.45) is 0. The van der Waals surface area contributed by atoms with Crippen molar-refractivity contribution in [1.82, 2.24) is 10.2 Å². The fourth-order valence-electron chi connectivity index (χ4n) is 3.00. The third-order valence-electron chi connectivity index (χ3n) is 4.13. The maximum Gasteiger partial charge on any atom is 0.161 e. The molecule has 1 aliphatic rings. The van der Waals surface area contributed by atoms with Gasteiger partial charge in [-0.15, -0.1) is 11.3 Å². The van der Waals surface area contributed by atoms with E-state index >= 15 is 0 Å². The zero-order valence-electron chi connectivity index (χ0n) is 13.3. The molecule has 1 atom stereocenters. The quantitative estimate of drug-likeness (QED) is 0.837. The molecule has 1 saturated heterocycles. The van der Waals surface area contributed by atoms with Gasteiger partial charge in [0.1, 0.15) is 0 Å². The zero-order chi connectivity index (χ0) is 16.2. The molecule has 1 aromatic heterocycles. The summed E-state index contributed by atoms with van der Waals surface area (Å²) < 4.78 is 12.0. The van der Waals surface area contributed by atoms with Crippen molar-refractivity contribution in [3.63, 3.8) is 0 Å². The lowest BCUT2D eigenvalue weighted by atomic mass is 10.0. The Bertz CT molecular complexity index is 642. The molecule has 0 spiro atoms. The van der Waals surface area contributed by atoms with E-state index in [1.54, 1.807) is 25.6 Å². The van der Waals surface area contributed by atoms with Crippen LogP contribution >= 0.6 is 27.3 Å². The topological polar surface area (TPSA) is 33.7 Å². The summed E-state index contributed by atoms with van der Waals surface area (Å²) in [6.45, 7) is 4.10. The van der Waals surface area contributed by atoms with E-state index in [0.29, 0.717) is 0 Å². The average Bonchev–Trinajstić information content (AvgIpc) is 3.11. The van der Waals surface area contributed by atoms with E-state index in [1.807, 2.05) is 6.07 Å². The molecule has 1 aromatic carbocycles. The first kappa shape index (κ1) is 16.8. The lowest BCUT2D eigenvalue weighted by Crippen LogP contribution is -2.45. The number of halogens is 1. The maximum atomic E-state index is 5.51. The molecular formula is C17H21BrN2O2S. The van der Waals surface area contributed by atoms with Crippen LogP contribution in [0.4, 0.5) is 0 Å². The van der Waals surface area contributed by atoms with E-state index in [0.717, 1.165) is 42.2 Å². The van der Waals surface area contributed by atoms with Crippen LogP contribution in [0.1, 0.15) is 16.5 Å². The second kappa shape index (κ2) is 7.66. The van der Waals surface area contributed by atoms with E-state index in [9.17, 15) is 0 Å². The van der Waals surface area contributed by atoms with Gasteiger partial charge in [0.15, 0.2) is 11.5 Å². The third-order valence-corrected chi connectivity index (χ3v) is 5.74. The van der Waals surface area contributed by atoms with E-state index in [1.165, 1.54) is 10.4 Å². The van der Waals surface area contributed by atoms with Crippen LogP contribution in [0, 0.1) is 0 Å². The van der Waals surface area contributed by atoms with Crippen LogP contribution in [0.2, 0.25) is 0 Å². The highest BCUT2D eigenvalue weighted by molar-refractivity contribution is 9.10. The fourth-order valence-corrected chi connectivity index (χ4v) is 4.41. The van der Waals surface area contributed by atoms with Crippen molar-refractivity contribution in [2.24, 2.45) is 0 Å². The third kappa shape index (κ3) is 3.55. The van der Waals surface area contributed by atoms with Gasteiger partial charge in [0.2, 0.25) is 0 Å². The molecule has 2 heterocycles. The summed E-state index contributed by atoms with van der Waals surface area (Å²) in [6, 6.07) is 8.64. The van der Waals surface area contributed by atoms with Gasteiger partial charge in [0, 0.05) is 35.5 Å². The summed E-state index contributed by atoms with van der Waals surface area (Å²) in [5, 5.41) is 5.57. The molecule has 4 nitrogen and oxygen atoms in total. The number of methoxy groups -OCH3 is 2. The molecule has 6 heteroatoms. The van der Waals surface area contributed by atoms with Crippen molar-refractivity contribution in [3.8, 4) is 11.5 Å². The number of ether oxygens (including phenoxy) is 2. The van der Waals surface area contributed by atoms with Crippen molar-refractivity contribution in [2.75, 3.05) is 40.4 Å². The highest BCUT2D eigenvalue weighted by atomic mass is 79.9. The molecule has 0 amide bonds. The number of rotatable bonds is 5. The predicted molar refractivity (Wildman–Crippen MR) is 97.9 cm³/mol. The Morgan fingerprint density at radius 3 is 2.48 bits per heavy atom. The van der Waals surface area contributed by atoms with Gasteiger partial charge in [0.25, 0.3) is 0 Å². The number of piperazine rings is 1. The minimum atomic E-state index is 0.228. The Morgan fingerprint density at radius 2 is 1.87 bits per heavy atom. The fraction of sp³-hybridized carbons (Fsp3) is 0.412. The van der Waals surface area contributed by atoms with Crippen LogP contribution in [0.3, 0.4) is 0 Å². The SMILES string of the molecule is COc1cc(Br)c([C@@H](c2cccs2)N2CCNCC2)cc1OC. The normalized spacial score (nSPS) is 17.0. The van der Waals surface area contributed by atoms with Crippen LogP contribution in [-0.2, 0) is 0 Å². The van der Waals surface area contributed by atoms with Crippen molar-refractivity contribution in [1.29, 1.82) is 0 Å². The van der Waals surface area contributed by atoms with Crippen LogP contribution in [-0.4, -0.2) is 45.3 Å². The van der Waals surface area contributed by atoms with Crippen molar-refractivity contribution >= 4 is 27.3 Å². The van der Waals surface area contributed by atoms with Crippen molar-refractivity contribution < 1.29 is 9.47 Å². The Labute approximate surface area is 149 Å². The standard InChI is InChI=1S/C17H21BrN2O2S/c1-21-14-10-12(13(18)11-15(14)22-2)17(16-4-3-9-23-16)20-7-5-19-6-8-20/h3-4,9-11,17,19H,5-8H2,1-2H3/t17-/m0/s1. The maximum absolute atomic E-state index is 5.51. The van der Waals surface area contributed by atoms with Crippen LogP contribution in [0.15, 0.2) is 34.1 Å². The molecule has 23 heavy (non-hydrogen) atoms. The second-order valence-corrected chi connectivity index (χ2v) is 7.27.